The van der Waals surface area contributed by atoms with Crippen molar-refractivity contribution in [1.29, 1.82) is 0 Å². The van der Waals surface area contributed by atoms with E-state index in [-0.39, 0.29) is 0 Å². The Kier molecular flexibility index (Phi) is 3.10. The predicted molar refractivity (Wildman–Crippen MR) is 25.5 cm³/mol. The molecule has 0 aromatic carbocycles. The lowest BCUT2D eigenvalue weighted by atomic mass is 11.2. The highest BCUT2D eigenvalue weighted by Gasteiger charge is 1.91. The van der Waals surface area contributed by atoms with Crippen molar-refractivity contribution in [3.63, 3.8) is 0 Å². The van der Waals surface area contributed by atoms with Crippen molar-refractivity contribution in [2.24, 2.45) is 0 Å². The Balaban J connectivity index is 3.13. The summed E-state index contributed by atoms with van der Waals surface area (Å²) in [5, 5.41) is 1.15. The van der Waals surface area contributed by atoms with Gasteiger partial charge in [0.2, 0.25) is 0 Å². The largest absolute Gasteiger partial charge is 0.319 e. The van der Waals surface area contributed by atoms with E-state index in [1.165, 1.54) is 14.1 Å². The van der Waals surface area contributed by atoms with E-state index in [4.69, 9.17) is 4.55 Å². The zero-order valence-corrected chi connectivity index (χ0v) is 4.94. The Bertz CT molecular complexity index is 73.3. The van der Waals surface area contributed by atoms with E-state index in [9.17, 15) is 4.21 Å². The summed E-state index contributed by atoms with van der Waals surface area (Å²) in [6.45, 7) is 0. The Labute approximate surface area is 44.5 Å². The number of rotatable bonds is 2. The first-order valence-corrected chi connectivity index (χ1v) is 2.62. The highest BCUT2D eigenvalue weighted by molar-refractivity contribution is 7.74. The fourth-order valence-corrected chi connectivity index (χ4v) is 0.383. The zero-order valence-electron chi connectivity index (χ0n) is 4.12. The van der Waals surface area contributed by atoms with Crippen LogP contribution < -0.4 is 0 Å². The molecule has 0 heterocycles. The molecule has 0 saturated heterocycles. The number of hydrogen-bond acceptors (Lipinski definition) is 3. The third kappa shape index (κ3) is 6.03. The van der Waals surface area contributed by atoms with Gasteiger partial charge in [-0.1, -0.05) is 0 Å². The Hall–Kier alpha value is 0.0300. The predicted octanol–water partition coefficient (Wildman–Crippen LogP) is -0.384. The van der Waals surface area contributed by atoms with Gasteiger partial charge in [0.25, 0.3) is 0 Å². The molecule has 0 rings (SSSR count). The molecule has 5 heteroatoms. The average molecular weight is 125 g/mol. The molecule has 1 unspecified atom stereocenters. The summed E-state index contributed by atoms with van der Waals surface area (Å²) in [7, 11) is 3.04. The van der Waals surface area contributed by atoms with E-state index >= 15 is 0 Å². The first-order valence-electron chi connectivity index (χ1n) is 1.59. The van der Waals surface area contributed by atoms with Crippen LogP contribution in [-0.2, 0) is 15.6 Å². The SMILES string of the molecule is CN(C)OS(=O)O. The van der Waals surface area contributed by atoms with Gasteiger partial charge in [0.05, 0.1) is 0 Å². The van der Waals surface area contributed by atoms with E-state index in [0.29, 0.717) is 0 Å². The summed E-state index contributed by atoms with van der Waals surface area (Å²) < 4.78 is 21.7. The van der Waals surface area contributed by atoms with Gasteiger partial charge in [0.1, 0.15) is 0 Å². The van der Waals surface area contributed by atoms with Crippen molar-refractivity contribution in [2.45, 2.75) is 0 Å². The summed E-state index contributed by atoms with van der Waals surface area (Å²) in [5.74, 6) is 0. The Morgan fingerprint density at radius 2 is 2.14 bits per heavy atom. The summed E-state index contributed by atoms with van der Waals surface area (Å²) in [6.07, 6.45) is 0. The molecule has 4 nitrogen and oxygen atoms in total. The molecule has 7 heavy (non-hydrogen) atoms. The van der Waals surface area contributed by atoms with Crippen molar-refractivity contribution in [3.05, 3.63) is 0 Å². The van der Waals surface area contributed by atoms with E-state index in [2.05, 4.69) is 4.28 Å². The minimum Gasteiger partial charge on any atom is -0.283 e. The Morgan fingerprint density at radius 1 is 1.71 bits per heavy atom. The monoisotopic (exact) mass is 125 g/mol. The first kappa shape index (κ1) is 7.03. The number of nitrogens with zero attached hydrogens (tertiary/aromatic N) is 1. The van der Waals surface area contributed by atoms with Crippen molar-refractivity contribution in [1.82, 2.24) is 5.06 Å². The summed E-state index contributed by atoms with van der Waals surface area (Å²) >= 11 is -2.17. The average Bonchev–Trinajstić information content (AvgIpc) is 1.27. The van der Waals surface area contributed by atoms with Crippen LogP contribution >= 0.6 is 0 Å². The maximum absolute atomic E-state index is 9.66. The van der Waals surface area contributed by atoms with Crippen molar-refractivity contribution in [2.75, 3.05) is 14.1 Å². The minimum atomic E-state index is -2.17. The second-order valence-corrected chi connectivity index (χ2v) is 1.69. The molecular weight excluding hydrogens is 118 g/mol. The quantitative estimate of drug-likeness (QED) is 0.403. The highest BCUT2D eigenvalue weighted by Crippen LogP contribution is 1.79. The van der Waals surface area contributed by atoms with Crippen LogP contribution in [0.1, 0.15) is 0 Å². The van der Waals surface area contributed by atoms with Crippen LogP contribution in [0, 0.1) is 0 Å². The second-order valence-electron chi connectivity index (χ2n) is 1.10. The standard InChI is InChI=1S/C2H7NO3S/c1-3(2)6-7(4)5/h1-2H3,(H,4,5). The van der Waals surface area contributed by atoms with Crippen LogP contribution in [0.3, 0.4) is 0 Å². The number of hydrogen-bond donors (Lipinski definition) is 1. The van der Waals surface area contributed by atoms with Gasteiger partial charge in [-0.2, -0.15) is 13.6 Å². The molecule has 0 aliphatic carbocycles. The smallest absolute Gasteiger partial charge is 0.283 e. The molecule has 0 fully saturated rings. The molecule has 0 saturated carbocycles. The van der Waals surface area contributed by atoms with Gasteiger partial charge in [0, 0.05) is 14.1 Å². The lowest BCUT2D eigenvalue weighted by molar-refractivity contribution is 0.00321. The first-order chi connectivity index (χ1) is 3.13. The molecule has 0 aliphatic rings. The maximum atomic E-state index is 9.66. The number of hydroxylamine groups is 2. The molecule has 0 aromatic heterocycles. The van der Waals surface area contributed by atoms with E-state index in [1.54, 1.807) is 0 Å². The van der Waals surface area contributed by atoms with Gasteiger partial charge in [0.15, 0.2) is 0 Å². The molecule has 0 spiro atoms. The Morgan fingerprint density at radius 3 is 2.14 bits per heavy atom. The molecule has 0 bridgehead atoms. The van der Waals surface area contributed by atoms with Crippen molar-refractivity contribution >= 4 is 11.4 Å². The molecule has 0 aliphatic heterocycles. The van der Waals surface area contributed by atoms with Gasteiger partial charge in [-0.15, -0.1) is 0 Å². The molecule has 44 valence electrons. The fourth-order valence-electron chi connectivity index (χ4n) is 0.128. The lowest BCUT2D eigenvalue weighted by Crippen LogP contribution is -2.13. The molecule has 0 radical (unpaired) electrons. The molecule has 0 amide bonds. The third-order valence-electron chi connectivity index (χ3n) is 0.213. The second kappa shape index (κ2) is 3.09. The van der Waals surface area contributed by atoms with Gasteiger partial charge in [-0.25, -0.2) is 0 Å². The zero-order chi connectivity index (χ0) is 5.86. The van der Waals surface area contributed by atoms with E-state index in [0.717, 1.165) is 5.06 Å². The fraction of sp³-hybridized carbons (Fsp3) is 1.00. The van der Waals surface area contributed by atoms with Crippen LogP contribution in [0.5, 0.6) is 0 Å². The summed E-state index contributed by atoms with van der Waals surface area (Å²) in [5.41, 5.74) is 0. The van der Waals surface area contributed by atoms with Gasteiger partial charge >= 0.3 is 11.4 Å². The van der Waals surface area contributed by atoms with Gasteiger partial charge < -0.3 is 0 Å². The molecule has 1 atom stereocenters. The van der Waals surface area contributed by atoms with Crippen LogP contribution in [0.25, 0.3) is 0 Å². The van der Waals surface area contributed by atoms with Crippen LogP contribution in [0.4, 0.5) is 0 Å². The van der Waals surface area contributed by atoms with Crippen molar-refractivity contribution < 1.29 is 13.0 Å². The van der Waals surface area contributed by atoms with Gasteiger partial charge in [-0.3, -0.25) is 4.55 Å². The molecular formula is C2H7NO3S. The minimum absolute atomic E-state index is 1.15. The van der Waals surface area contributed by atoms with Crippen LogP contribution in [0.2, 0.25) is 0 Å². The van der Waals surface area contributed by atoms with Crippen LogP contribution in [-0.4, -0.2) is 27.9 Å². The lowest BCUT2D eigenvalue weighted by Gasteiger charge is -2.02. The topological polar surface area (TPSA) is 49.8 Å². The van der Waals surface area contributed by atoms with Gasteiger partial charge in [-0.05, 0) is 0 Å². The molecule has 0 aromatic rings. The van der Waals surface area contributed by atoms with E-state index in [1.807, 2.05) is 0 Å². The van der Waals surface area contributed by atoms with Crippen LogP contribution in [0.15, 0.2) is 0 Å². The highest BCUT2D eigenvalue weighted by atomic mass is 32.2. The maximum Gasteiger partial charge on any atom is 0.319 e. The summed E-state index contributed by atoms with van der Waals surface area (Å²) in [6, 6.07) is 0. The normalized spacial score (nSPS) is 14.9. The summed E-state index contributed by atoms with van der Waals surface area (Å²) in [4.78, 5) is 0. The molecule has 1 N–H and O–H groups in total. The third-order valence-corrected chi connectivity index (χ3v) is 0.639. The van der Waals surface area contributed by atoms with Crippen molar-refractivity contribution in [3.8, 4) is 0 Å². The van der Waals surface area contributed by atoms with E-state index < -0.39 is 11.4 Å².